The summed E-state index contributed by atoms with van der Waals surface area (Å²) >= 11 is 1.55. The van der Waals surface area contributed by atoms with Gasteiger partial charge >= 0.3 is 5.97 Å². The van der Waals surface area contributed by atoms with E-state index in [0.717, 1.165) is 5.04 Å². The lowest BCUT2D eigenvalue weighted by Crippen LogP contribution is -2.18. The molecule has 0 aromatic heterocycles. The van der Waals surface area contributed by atoms with Crippen molar-refractivity contribution in [3.05, 3.63) is 0 Å². The Morgan fingerprint density at radius 1 is 1.67 bits per heavy atom. The molecule has 0 aromatic carbocycles. The number of hydrogen-bond acceptors (Lipinski definition) is 3. The number of rotatable bonds is 1. The fourth-order valence-corrected chi connectivity index (χ4v) is 2.08. The van der Waals surface area contributed by atoms with E-state index in [1.54, 1.807) is 11.8 Å². The van der Waals surface area contributed by atoms with Gasteiger partial charge in [-0.3, -0.25) is 4.99 Å². The van der Waals surface area contributed by atoms with Gasteiger partial charge in [-0.1, -0.05) is 20.8 Å². The molecule has 1 unspecified atom stereocenters. The molecule has 0 aromatic rings. The standard InChI is InChI=1S/C8H13NO2S/c1-8(2,3)7-9-5(4-12-7)6(10)11/h5H,4H2,1-3H3,(H,10,11). The Balaban J connectivity index is 2.73. The quantitative estimate of drug-likeness (QED) is 0.678. The van der Waals surface area contributed by atoms with Gasteiger partial charge < -0.3 is 5.11 Å². The summed E-state index contributed by atoms with van der Waals surface area (Å²) in [5, 5.41) is 9.63. The van der Waals surface area contributed by atoms with Gasteiger partial charge in [0.1, 0.15) is 0 Å². The molecule has 1 N–H and O–H groups in total. The highest BCUT2D eigenvalue weighted by molar-refractivity contribution is 8.14. The number of aliphatic imine (C=N–C) groups is 1. The number of nitrogens with zero attached hydrogens (tertiary/aromatic N) is 1. The third-order valence-corrected chi connectivity index (χ3v) is 3.05. The third kappa shape index (κ3) is 2.00. The Labute approximate surface area is 76.3 Å². The van der Waals surface area contributed by atoms with Crippen LogP contribution in [0.15, 0.2) is 4.99 Å². The Bertz CT molecular complexity index is 230. The Morgan fingerprint density at radius 2 is 2.25 bits per heavy atom. The zero-order valence-corrected chi connectivity index (χ0v) is 8.31. The fraction of sp³-hybridized carbons (Fsp3) is 0.750. The first-order valence-corrected chi connectivity index (χ1v) is 4.83. The van der Waals surface area contributed by atoms with E-state index in [1.165, 1.54) is 0 Å². The molecule has 0 saturated carbocycles. The molecule has 12 heavy (non-hydrogen) atoms. The van der Waals surface area contributed by atoms with E-state index in [9.17, 15) is 4.79 Å². The van der Waals surface area contributed by atoms with Gasteiger partial charge in [-0.25, -0.2) is 4.79 Å². The predicted octanol–water partition coefficient (Wildman–Crippen LogP) is 1.63. The summed E-state index contributed by atoms with van der Waals surface area (Å²) in [6, 6.07) is -0.524. The summed E-state index contributed by atoms with van der Waals surface area (Å²) in [4.78, 5) is 14.7. The SMILES string of the molecule is CC(C)(C)C1=NC(C(=O)O)CS1. The van der Waals surface area contributed by atoms with Crippen molar-refractivity contribution in [1.82, 2.24) is 0 Å². The van der Waals surface area contributed by atoms with Gasteiger partial charge in [0, 0.05) is 11.2 Å². The van der Waals surface area contributed by atoms with Crippen molar-refractivity contribution in [2.75, 3.05) is 5.75 Å². The molecule has 3 nitrogen and oxygen atoms in total. The van der Waals surface area contributed by atoms with Crippen molar-refractivity contribution < 1.29 is 9.90 Å². The first-order valence-electron chi connectivity index (χ1n) is 3.85. The first-order chi connectivity index (χ1) is 5.41. The largest absolute Gasteiger partial charge is 0.480 e. The van der Waals surface area contributed by atoms with Crippen LogP contribution in [-0.2, 0) is 4.79 Å². The van der Waals surface area contributed by atoms with E-state index in [4.69, 9.17) is 5.11 Å². The second kappa shape index (κ2) is 3.09. The Kier molecular flexibility index (Phi) is 2.46. The molecule has 68 valence electrons. The maximum atomic E-state index is 10.6. The zero-order chi connectivity index (χ0) is 9.35. The number of carboxylic acids is 1. The van der Waals surface area contributed by atoms with Gasteiger partial charge in [-0.15, -0.1) is 11.8 Å². The highest BCUT2D eigenvalue weighted by Gasteiger charge is 2.30. The van der Waals surface area contributed by atoms with Crippen molar-refractivity contribution in [2.45, 2.75) is 26.8 Å². The molecular formula is C8H13NO2S. The van der Waals surface area contributed by atoms with Crippen LogP contribution in [-0.4, -0.2) is 27.9 Å². The lowest BCUT2D eigenvalue weighted by molar-refractivity contribution is -0.137. The average molecular weight is 187 g/mol. The second-order valence-corrected chi connectivity index (χ2v) is 4.86. The number of aliphatic carboxylic acids is 1. The predicted molar refractivity (Wildman–Crippen MR) is 50.8 cm³/mol. The highest BCUT2D eigenvalue weighted by Crippen LogP contribution is 2.30. The van der Waals surface area contributed by atoms with Crippen LogP contribution in [0, 0.1) is 5.41 Å². The minimum absolute atomic E-state index is 0.00509. The van der Waals surface area contributed by atoms with Crippen molar-refractivity contribution in [1.29, 1.82) is 0 Å². The van der Waals surface area contributed by atoms with Gasteiger partial charge in [0.15, 0.2) is 6.04 Å². The third-order valence-electron chi connectivity index (χ3n) is 1.58. The molecule has 0 spiro atoms. The molecule has 1 aliphatic heterocycles. The number of hydrogen-bond donors (Lipinski definition) is 1. The molecule has 1 atom stereocenters. The number of carboxylic acid groups (broad SMARTS) is 1. The summed E-state index contributed by atoms with van der Waals surface area (Å²) < 4.78 is 0. The van der Waals surface area contributed by atoms with E-state index in [0.29, 0.717) is 5.75 Å². The van der Waals surface area contributed by atoms with E-state index in [1.807, 2.05) is 20.8 Å². The molecule has 0 amide bonds. The van der Waals surface area contributed by atoms with Crippen LogP contribution in [0.25, 0.3) is 0 Å². The zero-order valence-electron chi connectivity index (χ0n) is 7.50. The van der Waals surface area contributed by atoms with Crippen LogP contribution in [0.2, 0.25) is 0 Å². The molecule has 1 aliphatic rings. The summed E-state index contributed by atoms with van der Waals surface area (Å²) in [6.07, 6.45) is 0. The Morgan fingerprint density at radius 3 is 2.50 bits per heavy atom. The van der Waals surface area contributed by atoms with E-state index in [2.05, 4.69) is 4.99 Å². The minimum Gasteiger partial charge on any atom is -0.480 e. The monoisotopic (exact) mass is 187 g/mol. The van der Waals surface area contributed by atoms with Gasteiger partial charge in [0.25, 0.3) is 0 Å². The number of thioether (sulfide) groups is 1. The lowest BCUT2D eigenvalue weighted by Gasteiger charge is -2.16. The average Bonchev–Trinajstić information content (AvgIpc) is 2.30. The summed E-state index contributed by atoms with van der Waals surface area (Å²) in [6.45, 7) is 6.13. The maximum absolute atomic E-state index is 10.6. The van der Waals surface area contributed by atoms with Gasteiger partial charge in [-0.05, 0) is 0 Å². The fourth-order valence-electron chi connectivity index (χ4n) is 0.911. The van der Waals surface area contributed by atoms with Crippen molar-refractivity contribution in [2.24, 2.45) is 10.4 Å². The molecule has 0 bridgehead atoms. The molecule has 1 rings (SSSR count). The smallest absolute Gasteiger partial charge is 0.329 e. The molecule has 1 heterocycles. The van der Waals surface area contributed by atoms with Gasteiger partial charge in [-0.2, -0.15) is 0 Å². The molecule has 0 fully saturated rings. The Hall–Kier alpha value is -0.510. The maximum Gasteiger partial charge on any atom is 0.329 e. The molecule has 0 radical (unpaired) electrons. The van der Waals surface area contributed by atoms with Crippen LogP contribution >= 0.6 is 11.8 Å². The van der Waals surface area contributed by atoms with Gasteiger partial charge in [0.2, 0.25) is 0 Å². The van der Waals surface area contributed by atoms with Gasteiger partial charge in [0.05, 0.1) is 5.04 Å². The normalized spacial score (nSPS) is 23.9. The highest BCUT2D eigenvalue weighted by atomic mass is 32.2. The van der Waals surface area contributed by atoms with Crippen LogP contribution in [0.1, 0.15) is 20.8 Å². The topological polar surface area (TPSA) is 49.7 Å². The summed E-state index contributed by atoms with van der Waals surface area (Å²) in [5.41, 5.74) is -0.00509. The van der Waals surface area contributed by atoms with Crippen LogP contribution in [0.3, 0.4) is 0 Å². The molecule has 4 heteroatoms. The molecule has 0 saturated heterocycles. The van der Waals surface area contributed by atoms with Crippen molar-refractivity contribution in [3.8, 4) is 0 Å². The van der Waals surface area contributed by atoms with Crippen molar-refractivity contribution in [3.63, 3.8) is 0 Å². The van der Waals surface area contributed by atoms with E-state index >= 15 is 0 Å². The summed E-state index contributed by atoms with van der Waals surface area (Å²) in [7, 11) is 0. The first kappa shape index (κ1) is 9.58. The lowest BCUT2D eigenvalue weighted by atomic mass is 9.98. The minimum atomic E-state index is -0.818. The summed E-state index contributed by atoms with van der Waals surface area (Å²) in [5.74, 6) is -0.233. The van der Waals surface area contributed by atoms with E-state index < -0.39 is 12.0 Å². The van der Waals surface area contributed by atoms with Crippen LogP contribution in [0.4, 0.5) is 0 Å². The second-order valence-electron chi connectivity index (χ2n) is 3.85. The number of carbonyl (C=O) groups is 1. The van der Waals surface area contributed by atoms with Crippen LogP contribution in [0.5, 0.6) is 0 Å². The van der Waals surface area contributed by atoms with Crippen molar-refractivity contribution >= 4 is 22.8 Å². The van der Waals surface area contributed by atoms with Crippen LogP contribution < -0.4 is 0 Å². The molecular weight excluding hydrogens is 174 g/mol. The molecule has 0 aliphatic carbocycles. The van der Waals surface area contributed by atoms with E-state index in [-0.39, 0.29) is 5.41 Å².